The minimum Gasteiger partial charge on any atom is -0.477 e. The average molecular weight is 294 g/mol. The van der Waals surface area contributed by atoms with Gasteiger partial charge in [-0.2, -0.15) is 0 Å². The van der Waals surface area contributed by atoms with Gasteiger partial charge in [-0.25, -0.2) is 4.79 Å². The molecule has 114 valence electrons. The monoisotopic (exact) mass is 294 g/mol. The van der Waals surface area contributed by atoms with Gasteiger partial charge in [-0.1, -0.05) is 6.07 Å². The summed E-state index contributed by atoms with van der Waals surface area (Å²) >= 11 is 0. The lowest BCUT2D eigenvalue weighted by molar-refractivity contribution is -0.384. The molecule has 0 bridgehead atoms. The number of benzene rings is 1. The van der Waals surface area contributed by atoms with Crippen molar-refractivity contribution >= 4 is 17.3 Å². The first-order chi connectivity index (χ1) is 10.0. The quantitative estimate of drug-likeness (QED) is 0.660. The Morgan fingerprint density at radius 2 is 2.33 bits per heavy atom. The molecular formula is C14H18N2O5. The first-order valence-electron chi connectivity index (χ1n) is 6.80. The fraction of sp³-hybridized carbons (Fsp3) is 0.500. The lowest BCUT2D eigenvalue weighted by Crippen LogP contribution is -2.31. The third kappa shape index (κ3) is 3.49. The van der Waals surface area contributed by atoms with E-state index in [2.05, 4.69) is 0 Å². The molecule has 0 radical (unpaired) electrons. The number of carboxylic acid groups (broad SMARTS) is 1. The minimum atomic E-state index is -1.29. The second kappa shape index (κ2) is 6.53. The Balaban J connectivity index is 2.27. The summed E-state index contributed by atoms with van der Waals surface area (Å²) in [5, 5.41) is 20.3. The van der Waals surface area contributed by atoms with Crippen LogP contribution in [0.1, 0.15) is 23.2 Å². The van der Waals surface area contributed by atoms with Gasteiger partial charge in [0.1, 0.15) is 11.3 Å². The molecule has 1 N–H and O–H groups in total. The average Bonchev–Trinajstić information content (AvgIpc) is 2.47. The topological polar surface area (TPSA) is 92.9 Å². The van der Waals surface area contributed by atoms with E-state index in [0.717, 1.165) is 19.4 Å². The van der Waals surface area contributed by atoms with Crippen molar-refractivity contribution in [1.82, 2.24) is 0 Å². The van der Waals surface area contributed by atoms with Gasteiger partial charge in [0.25, 0.3) is 0 Å². The van der Waals surface area contributed by atoms with Crippen LogP contribution in [-0.2, 0) is 4.74 Å². The number of anilines is 1. The van der Waals surface area contributed by atoms with E-state index in [1.807, 2.05) is 0 Å². The van der Waals surface area contributed by atoms with Crippen LogP contribution >= 0.6 is 0 Å². The smallest absolute Gasteiger partial charge is 0.342 e. The summed E-state index contributed by atoms with van der Waals surface area (Å²) in [4.78, 5) is 23.5. The number of hydrogen-bond donors (Lipinski definition) is 1. The molecule has 1 atom stereocenters. The van der Waals surface area contributed by atoms with Crippen LogP contribution in [0.5, 0.6) is 0 Å². The molecule has 0 aliphatic carbocycles. The van der Waals surface area contributed by atoms with Gasteiger partial charge in [0.05, 0.1) is 11.5 Å². The minimum absolute atomic E-state index is 0.288. The molecule has 1 aromatic carbocycles. The van der Waals surface area contributed by atoms with Crippen LogP contribution in [0.2, 0.25) is 0 Å². The number of para-hydroxylation sites is 1. The summed E-state index contributed by atoms with van der Waals surface area (Å²) in [5.74, 6) is -0.991. The molecule has 0 amide bonds. The standard InChI is InChI=1S/C14H18N2O5/c1-15(8-10-4-3-7-21-9-10)12-6-2-5-11(14(17)18)13(12)16(19)20/h2,5-6,10H,3-4,7-9H2,1H3,(H,17,18). The molecular weight excluding hydrogens is 276 g/mol. The van der Waals surface area contributed by atoms with Gasteiger partial charge >= 0.3 is 11.7 Å². The van der Waals surface area contributed by atoms with Gasteiger partial charge in [-0.15, -0.1) is 0 Å². The number of ether oxygens (including phenoxy) is 1. The fourth-order valence-corrected chi connectivity index (χ4v) is 2.64. The highest BCUT2D eigenvalue weighted by molar-refractivity contribution is 5.95. The van der Waals surface area contributed by atoms with Crippen LogP contribution < -0.4 is 4.90 Å². The molecule has 7 heteroatoms. The molecule has 1 aliphatic rings. The lowest BCUT2D eigenvalue weighted by Gasteiger charge is -2.28. The first kappa shape index (κ1) is 15.2. The highest BCUT2D eigenvalue weighted by Crippen LogP contribution is 2.32. The molecule has 1 unspecified atom stereocenters. The predicted molar refractivity (Wildman–Crippen MR) is 76.9 cm³/mol. The van der Waals surface area contributed by atoms with E-state index < -0.39 is 10.9 Å². The summed E-state index contributed by atoms with van der Waals surface area (Å²) < 4.78 is 5.40. The van der Waals surface area contributed by atoms with Crippen LogP contribution in [0.15, 0.2) is 18.2 Å². The second-order valence-electron chi connectivity index (χ2n) is 5.20. The van der Waals surface area contributed by atoms with E-state index in [1.54, 1.807) is 18.0 Å². The van der Waals surface area contributed by atoms with Crippen molar-refractivity contribution in [2.45, 2.75) is 12.8 Å². The zero-order chi connectivity index (χ0) is 15.4. The van der Waals surface area contributed by atoms with Crippen LogP contribution in [0, 0.1) is 16.0 Å². The van der Waals surface area contributed by atoms with Crippen LogP contribution in [0.25, 0.3) is 0 Å². The molecule has 1 aliphatic heterocycles. The molecule has 7 nitrogen and oxygen atoms in total. The Hall–Kier alpha value is -2.15. The van der Waals surface area contributed by atoms with Gasteiger partial charge in [0.2, 0.25) is 0 Å². The van der Waals surface area contributed by atoms with E-state index in [0.29, 0.717) is 24.8 Å². The Morgan fingerprint density at radius 3 is 2.90 bits per heavy atom. The molecule has 1 fully saturated rings. The van der Waals surface area contributed by atoms with Crippen molar-refractivity contribution in [2.24, 2.45) is 5.92 Å². The van der Waals surface area contributed by atoms with Gasteiger partial charge in [-0.3, -0.25) is 10.1 Å². The van der Waals surface area contributed by atoms with E-state index in [-0.39, 0.29) is 11.3 Å². The highest BCUT2D eigenvalue weighted by atomic mass is 16.6. The SMILES string of the molecule is CN(CC1CCCOC1)c1cccc(C(=O)O)c1[N+](=O)[O-]. The van der Waals surface area contributed by atoms with E-state index in [1.165, 1.54) is 12.1 Å². The predicted octanol–water partition coefficient (Wildman–Crippen LogP) is 2.16. The summed E-state index contributed by atoms with van der Waals surface area (Å²) in [7, 11) is 1.74. The summed E-state index contributed by atoms with van der Waals surface area (Å²) in [6.45, 7) is 2.00. The van der Waals surface area contributed by atoms with Crippen LogP contribution in [0.4, 0.5) is 11.4 Å². The molecule has 0 aromatic heterocycles. The normalized spacial score (nSPS) is 18.2. The lowest BCUT2D eigenvalue weighted by atomic mass is 10.0. The Labute approximate surface area is 122 Å². The molecule has 0 saturated carbocycles. The van der Waals surface area contributed by atoms with Crippen LogP contribution in [0.3, 0.4) is 0 Å². The largest absolute Gasteiger partial charge is 0.477 e. The van der Waals surface area contributed by atoms with E-state index in [9.17, 15) is 14.9 Å². The van der Waals surface area contributed by atoms with Crippen LogP contribution in [-0.4, -0.2) is 42.8 Å². The van der Waals surface area contributed by atoms with Crippen molar-refractivity contribution in [3.63, 3.8) is 0 Å². The van der Waals surface area contributed by atoms with Gasteiger partial charge in [-0.05, 0) is 30.9 Å². The maximum Gasteiger partial charge on any atom is 0.342 e. The Bertz CT molecular complexity index is 540. The maximum atomic E-state index is 11.2. The van der Waals surface area contributed by atoms with Crippen molar-refractivity contribution < 1.29 is 19.6 Å². The first-order valence-corrected chi connectivity index (χ1v) is 6.80. The number of carboxylic acids is 1. The number of aromatic carboxylic acids is 1. The van der Waals surface area contributed by atoms with Crippen molar-refractivity contribution in [2.75, 3.05) is 31.7 Å². The van der Waals surface area contributed by atoms with Crippen molar-refractivity contribution in [1.29, 1.82) is 0 Å². The molecule has 1 saturated heterocycles. The Morgan fingerprint density at radius 1 is 1.57 bits per heavy atom. The number of rotatable bonds is 5. The molecule has 21 heavy (non-hydrogen) atoms. The van der Waals surface area contributed by atoms with Gasteiger partial charge < -0.3 is 14.7 Å². The van der Waals surface area contributed by atoms with Gasteiger partial charge in [0, 0.05) is 20.2 Å². The summed E-state index contributed by atoms with van der Waals surface area (Å²) in [6.07, 6.45) is 1.99. The van der Waals surface area contributed by atoms with Crippen molar-refractivity contribution in [3.8, 4) is 0 Å². The number of nitrogens with zero attached hydrogens (tertiary/aromatic N) is 2. The fourth-order valence-electron chi connectivity index (χ4n) is 2.64. The van der Waals surface area contributed by atoms with Gasteiger partial charge in [0.15, 0.2) is 0 Å². The number of nitro benzene ring substituents is 1. The molecule has 1 aromatic rings. The Kier molecular flexibility index (Phi) is 4.74. The zero-order valence-electron chi connectivity index (χ0n) is 11.8. The summed E-state index contributed by atoms with van der Waals surface area (Å²) in [5.41, 5.74) is -0.320. The maximum absolute atomic E-state index is 11.2. The third-order valence-corrected chi connectivity index (χ3v) is 3.63. The van der Waals surface area contributed by atoms with Crippen molar-refractivity contribution in [3.05, 3.63) is 33.9 Å². The number of nitro groups is 1. The third-order valence-electron chi connectivity index (χ3n) is 3.63. The molecule has 2 rings (SSSR count). The summed E-state index contributed by atoms with van der Waals surface area (Å²) in [6, 6.07) is 4.36. The second-order valence-corrected chi connectivity index (χ2v) is 5.20. The number of hydrogen-bond acceptors (Lipinski definition) is 5. The number of carbonyl (C=O) groups is 1. The molecule has 0 spiro atoms. The zero-order valence-corrected chi connectivity index (χ0v) is 11.8. The van der Waals surface area contributed by atoms with E-state index >= 15 is 0 Å². The molecule has 1 heterocycles. The highest BCUT2D eigenvalue weighted by Gasteiger charge is 2.27. The van der Waals surface area contributed by atoms with E-state index in [4.69, 9.17) is 9.84 Å².